The summed E-state index contributed by atoms with van der Waals surface area (Å²) in [7, 11) is 0. The first kappa shape index (κ1) is 23.6. The molecule has 1 rings (SSSR count). The van der Waals surface area contributed by atoms with Crippen molar-refractivity contribution in [2.24, 2.45) is 16.3 Å². The molecule has 0 aromatic rings. The van der Waals surface area contributed by atoms with E-state index in [1.807, 2.05) is 13.8 Å². The van der Waals surface area contributed by atoms with E-state index in [0.717, 1.165) is 12.8 Å². The van der Waals surface area contributed by atoms with Crippen LogP contribution in [0, 0.1) is 11.3 Å². The van der Waals surface area contributed by atoms with Crippen molar-refractivity contribution >= 4 is 17.8 Å². The summed E-state index contributed by atoms with van der Waals surface area (Å²) in [6, 6.07) is -0.845. The summed E-state index contributed by atoms with van der Waals surface area (Å²) in [6.07, 6.45) is 2.02. The van der Waals surface area contributed by atoms with Crippen LogP contribution in [0.25, 0.3) is 0 Å². The van der Waals surface area contributed by atoms with Gasteiger partial charge in [-0.2, -0.15) is 0 Å². The van der Waals surface area contributed by atoms with Gasteiger partial charge in [0.1, 0.15) is 5.41 Å². The van der Waals surface area contributed by atoms with Gasteiger partial charge < -0.3 is 16.6 Å². The Morgan fingerprint density at radius 1 is 1.37 bits per heavy atom. The van der Waals surface area contributed by atoms with Gasteiger partial charge in [-0.1, -0.05) is 27.2 Å². The van der Waals surface area contributed by atoms with Crippen LogP contribution < -0.4 is 46.1 Å². The fraction of sp³-hybridized carbons (Fsp3) is 0.727. The Bertz CT molecular complexity index is 352. The summed E-state index contributed by atoms with van der Waals surface area (Å²) in [5.41, 5.74) is -1.15. The molecule has 2 amide bonds. The monoisotopic (exact) mass is 285 g/mol. The summed E-state index contributed by atoms with van der Waals surface area (Å²) in [6.45, 7) is 5.62. The van der Waals surface area contributed by atoms with Crippen molar-refractivity contribution in [2.45, 2.75) is 40.0 Å². The molecule has 2 unspecified atom stereocenters. The molecule has 0 aliphatic carbocycles. The van der Waals surface area contributed by atoms with E-state index in [9.17, 15) is 14.7 Å². The number of aliphatic imine (C=N–C) groups is 1. The smallest absolute Gasteiger partial charge is 0.846 e. The number of hydrogen-bond donors (Lipinski definition) is 2. The molecule has 1 heterocycles. The second-order valence-electron chi connectivity index (χ2n) is 4.19. The minimum atomic E-state index is -1.15. The van der Waals surface area contributed by atoms with Gasteiger partial charge in [0.2, 0.25) is 5.91 Å². The first-order valence-electron chi connectivity index (χ1n) is 5.60. The van der Waals surface area contributed by atoms with E-state index in [1.54, 1.807) is 6.92 Å². The van der Waals surface area contributed by atoms with Crippen molar-refractivity contribution in [3.63, 3.8) is 0 Å². The third kappa shape index (κ3) is 4.24. The van der Waals surface area contributed by atoms with Crippen molar-refractivity contribution < 1.29 is 49.0 Å². The zero-order valence-electron chi connectivity index (χ0n) is 12.0. The van der Waals surface area contributed by atoms with Gasteiger partial charge in [0.05, 0.1) is 6.02 Å². The van der Waals surface area contributed by atoms with Gasteiger partial charge >= 0.3 is 29.6 Å². The summed E-state index contributed by atoms with van der Waals surface area (Å²) >= 11 is 0. The van der Waals surface area contributed by atoms with Crippen LogP contribution in [-0.4, -0.2) is 17.8 Å². The molecule has 106 valence electrons. The number of carbonyl (C=O) groups is 2. The van der Waals surface area contributed by atoms with Gasteiger partial charge in [0.25, 0.3) is 5.91 Å². The van der Waals surface area contributed by atoms with Gasteiger partial charge in [0, 0.05) is 0 Å². The molecule has 1 aliphatic rings. The number of hydrogen-bond acceptors (Lipinski definition) is 4. The minimum Gasteiger partial charge on any atom is -0.846 e. The van der Waals surface area contributed by atoms with Crippen LogP contribution >= 0.6 is 0 Å². The van der Waals surface area contributed by atoms with Crippen LogP contribution in [0.5, 0.6) is 0 Å². The molecule has 2 atom stereocenters. The molecular formula is C11H21FN3NaO3. The number of nitrogens with one attached hydrogen (secondary N) is 1. The van der Waals surface area contributed by atoms with E-state index in [-0.39, 0.29) is 46.3 Å². The number of halogens is 1. The maximum Gasteiger partial charge on any atom is 1.00 e. The van der Waals surface area contributed by atoms with E-state index < -0.39 is 23.3 Å². The van der Waals surface area contributed by atoms with E-state index in [0.29, 0.717) is 6.42 Å². The second kappa shape index (κ2) is 9.41. The molecule has 4 N–H and O–H groups in total. The Morgan fingerprint density at radius 3 is 2.26 bits per heavy atom. The minimum absolute atomic E-state index is 0. The normalized spacial score (nSPS) is 23.0. The number of carbonyl (C=O) groups excluding carboxylic acids is 2. The fourth-order valence-electron chi connectivity index (χ4n) is 2.30. The van der Waals surface area contributed by atoms with Crippen LogP contribution in [0.4, 0.5) is 4.70 Å². The molecule has 0 saturated carbocycles. The fourth-order valence-corrected chi connectivity index (χ4v) is 2.30. The molecule has 0 radical (unpaired) electrons. The van der Waals surface area contributed by atoms with E-state index in [4.69, 9.17) is 0 Å². The molecule has 0 fully saturated rings. The Labute approximate surface area is 134 Å². The van der Waals surface area contributed by atoms with Crippen LogP contribution in [0.2, 0.25) is 0 Å². The number of nitrogens with zero attached hydrogens (tertiary/aromatic N) is 1. The van der Waals surface area contributed by atoms with Gasteiger partial charge in [-0.15, -0.1) is 0 Å². The third-order valence-electron chi connectivity index (χ3n) is 3.33. The summed E-state index contributed by atoms with van der Waals surface area (Å²) in [5.74, 6) is -1.20. The predicted molar refractivity (Wildman–Crippen MR) is 64.9 cm³/mol. The summed E-state index contributed by atoms with van der Waals surface area (Å²) in [4.78, 5) is 27.1. The van der Waals surface area contributed by atoms with Crippen LogP contribution in [0.1, 0.15) is 40.0 Å². The van der Waals surface area contributed by atoms with E-state index in [1.165, 1.54) is 0 Å². The van der Waals surface area contributed by atoms with Crippen molar-refractivity contribution in [1.29, 1.82) is 0 Å². The maximum atomic E-state index is 11.9. The zero-order chi connectivity index (χ0) is 12.3. The zero-order valence-corrected chi connectivity index (χ0v) is 14.0. The summed E-state index contributed by atoms with van der Waals surface area (Å²) < 4.78 is 0. The molecule has 19 heavy (non-hydrogen) atoms. The molecular weight excluding hydrogens is 264 g/mol. The Kier molecular flexibility index (Phi) is 11.7. The number of amides is 2. The van der Waals surface area contributed by atoms with Gasteiger partial charge in [-0.25, -0.2) is 4.99 Å². The molecule has 0 bridgehead atoms. The average Bonchev–Trinajstić information content (AvgIpc) is 2.18. The Balaban J connectivity index is -0.000000853. The molecule has 0 aromatic heterocycles. The van der Waals surface area contributed by atoms with Crippen molar-refractivity contribution in [3.8, 4) is 0 Å². The summed E-state index contributed by atoms with van der Waals surface area (Å²) in [5, 5.41) is 13.1. The molecule has 8 heteroatoms. The standard InChI is InChI=1S/C11H18N2O3.FH.H3N.Na/c1-4-6-7(3)11(5-2)8(14)12-10(16)13-9(11)15;;;/h7H,4-6H2,1-3H3,(H2,12,13,14,15,16);1H;1H3;/q;;;+1/p-1. The SMILES string of the molecule is CCCC(C)C1(CC)C(=O)N=C([O-])NC1=O.F.N.[Na+]. The predicted octanol–water partition coefficient (Wildman–Crippen LogP) is -2.49. The van der Waals surface area contributed by atoms with Crippen LogP contribution in [-0.2, 0) is 9.59 Å². The molecule has 1 aliphatic heterocycles. The van der Waals surface area contributed by atoms with Crippen LogP contribution in [0.3, 0.4) is 0 Å². The van der Waals surface area contributed by atoms with Gasteiger partial charge in [-0.3, -0.25) is 14.3 Å². The van der Waals surface area contributed by atoms with Crippen molar-refractivity contribution in [3.05, 3.63) is 0 Å². The Morgan fingerprint density at radius 2 is 1.89 bits per heavy atom. The Hall–Kier alpha value is -0.500. The van der Waals surface area contributed by atoms with Crippen molar-refractivity contribution in [2.75, 3.05) is 0 Å². The van der Waals surface area contributed by atoms with E-state index >= 15 is 0 Å². The first-order chi connectivity index (χ1) is 7.48. The second-order valence-corrected chi connectivity index (χ2v) is 4.19. The van der Waals surface area contributed by atoms with Crippen molar-refractivity contribution in [1.82, 2.24) is 11.5 Å². The molecule has 0 aromatic carbocycles. The van der Waals surface area contributed by atoms with Crippen LogP contribution in [0.15, 0.2) is 4.99 Å². The molecule has 6 nitrogen and oxygen atoms in total. The maximum absolute atomic E-state index is 11.9. The average molecular weight is 285 g/mol. The van der Waals surface area contributed by atoms with E-state index in [2.05, 4.69) is 10.3 Å². The quantitative estimate of drug-likeness (QED) is 0.439. The van der Waals surface area contributed by atoms with Gasteiger partial charge in [-0.05, 0) is 18.8 Å². The largest absolute Gasteiger partial charge is 1.00 e. The van der Waals surface area contributed by atoms with Gasteiger partial charge in [0.15, 0.2) is 0 Å². The molecule has 0 saturated heterocycles. The first-order valence-corrected chi connectivity index (χ1v) is 5.60. The number of amidine groups is 1. The third-order valence-corrected chi connectivity index (χ3v) is 3.33. The number of rotatable bonds is 4. The molecule has 0 spiro atoms. The topological polar surface area (TPSA) is 117 Å².